The topological polar surface area (TPSA) is 61.6 Å². The van der Waals surface area contributed by atoms with Gasteiger partial charge in [-0.1, -0.05) is 13.8 Å². The Morgan fingerprint density at radius 3 is 2.87 bits per heavy atom. The average molecular weight is 215 g/mol. The van der Waals surface area contributed by atoms with Crippen LogP contribution in [0.25, 0.3) is 0 Å². The first-order chi connectivity index (χ1) is 7.09. The second-order valence-corrected chi connectivity index (χ2v) is 4.50. The summed E-state index contributed by atoms with van der Waals surface area (Å²) in [7, 11) is 0. The number of hydrogen-bond acceptors (Lipinski definition) is 4. The molecule has 88 valence electrons. The molecule has 0 aliphatic carbocycles. The van der Waals surface area contributed by atoms with Gasteiger partial charge in [0.15, 0.2) is 0 Å². The van der Waals surface area contributed by atoms with Crippen LogP contribution in [0, 0.1) is 5.92 Å². The fraction of sp³-hybridized carbons (Fsp3) is 0.909. The molecule has 1 unspecified atom stereocenters. The summed E-state index contributed by atoms with van der Waals surface area (Å²) in [4.78, 5) is 11.4. The molecule has 0 aromatic carbocycles. The van der Waals surface area contributed by atoms with E-state index in [0.29, 0.717) is 18.9 Å². The molecule has 1 saturated heterocycles. The van der Waals surface area contributed by atoms with E-state index >= 15 is 0 Å². The molecule has 0 saturated carbocycles. The van der Waals surface area contributed by atoms with E-state index in [1.54, 1.807) is 0 Å². The van der Waals surface area contributed by atoms with Crippen molar-refractivity contribution in [1.29, 1.82) is 0 Å². The van der Waals surface area contributed by atoms with E-state index in [2.05, 4.69) is 0 Å². The Balaban J connectivity index is 2.16. The molecule has 4 heteroatoms. The van der Waals surface area contributed by atoms with Crippen LogP contribution in [-0.4, -0.2) is 31.3 Å². The first kappa shape index (κ1) is 12.5. The van der Waals surface area contributed by atoms with Crippen LogP contribution in [0.4, 0.5) is 0 Å². The van der Waals surface area contributed by atoms with Crippen molar-refractivity contribution in [3.05, 3.63) is 0 Å². The van der Waals surface area contributed by atoms with Crippen LogP contribution < -0.4 is 5.73 Å². The van der Waals surface area contributed by atoms with E-state index in [9.17, 15) is 4.79 Å². The molecule has 0 aromatic heterocycles. The van der Waals surface area contributed by atoms with Crippen molar-refractivity contribution in [3.8, 4) is 0 Å². The highest BCUT2D eigenvalue weighted by atomic mass is 16.6. The summed E-state index contributed by atoms with van der Waals surface area (Å²) in [5.74, 6) is 0.106. The zero-order valence-electron chi connectivity index (χ0n) is 9.57. The summed E-state index contributed by atoms with van der Waals surface area (Å²) in [6.07, 6.45) is 2.79. The van der Waals surface area contributed by atoms with E-state index in [0.717, 1.165) is 19.4 Å². The van der Waals surface area contributed by atoms with Crippen molar-refractivity contribution in [2.45, 2.75) is 45.3 Å². The molecule has 0 spiro atoms. The van der Waals surface area contributed by atoms with Crippen LogP contribution in [0.1, 0.15) is 33.1 Å². The standard InChI is InChI=1S/C11H21NO3/c1-8(2)6-10(12)11(13)15-7-9-4-3-5-14-9/h8-10H,3-7,12H2,1-2H3/t9?,10-/m0/s1. The molecule has 2 N–H and O–H groups in total. The lowest BCUT2D eigenvalue weighted by Gasteiger charge is -2.15. The number of nitrogens with two attached hydrogens (primary N) is 1. The number of esters is 1. The van der Waals surface area contributed by atoms with Gasteiger partial charge in [-0.05, 0) is 25.2 Å². The van der Waals surface area contributed by atoms with Crippen LogP contribution in [0.2, 0.25) is 0 Å². The quantitative estimate of drug-likeness (QED) is 0.697. The highest BCUT2D eigenvalue weighted by Crippen LogP contribution is 2.12. The van der Waals surface area contributed by atoms with Crippen molar-refractivity contribution in [3.63, 3.8) is 0 Å². The van der Waals surface area contributed by atoms with Crippen molar-refractivity contribution in [1.82, 2.24) is 0 Å². The SMILES string of the molecule is CC(C)C[C@H](N)C(=O)OCC1CCCO1. The van der Waals surface area contributed by atoms with Crippen molar-refractivity contribution in [2.75, 3.05) is 13.2 Å². The number of rotatable bonds is 5. The minimum absolute atomic E-state index is 0.0835. The van der Waals surface area contributed by atoms with Gasteiger partial charge in [0.25, 0.3) is 0 Å². The highest BCUT2D eigenvalue weighted by molar-refractivity contribution is 5.75. The predicted molar refractivity (Wildman–Crippen MR) is 57.4 cm³/mol. The molecule has 0 amide bonds. The first-order valence-corrected chi connectivity index (χ1v) is 5.63. The summed E-state index contributed by atoms with van der Waals surface area (Å²) < 4.78 is 10.4. The highest BCUT2D eigenvalue weighted by Gasteiger charge is 2.21. The van der Waals surface area contributed by atoms with Gasteiger partial charge in [-0.2, -0.15) is 0 Å². The molecular weight excluding hydrogens is 194 g/mol. The predicted octanol–water partition coefficient (Wildman–Crippen LogP) is 1.08. The van der Waals surface area contributed by atoms with Gasteiger partial charge in [0.1, 0.15) is 12.6 Å². The van der Waals surface area contributed by atoms with E-state index in [-0.39, 0.29) is 12.1 Å². The Morgan fingerprint density at radius 2 is 2.33 bits per heavy atom. The van der Waals surface area contributed by atoms with Crippen molar-refractivity contribution >= 4 is 5.97 Å². The number of carbonyl (C=O) groups excluding carboxylic acids is 1. The lowest BCUT2D eigenvalue weighted by molar-refractivity contribution is -0.148. The Labute approximate surface area is 91.1 Å². The van der Waals surface area contributed by atoms with Crippen LogP contribution in [0.15, 0.2) is 0 Å². The van der Waals surface area contributed by atoms with Crippen molar-refractivity contribution < 1.29 is 14.3 Å². The van der Waals surface area contributed by atoms with Crippen LogP contribution >= 0.6 is 0 Å². The van der Waals surface area contributed by atoms with Crippen LogP contribution in [0.3, 0.4) is 0 Å². The maximum absolute atomic E-state index is 11.4. The molecule has 1 heterocycles. The number of ether oxygens (including phenoxy) is 2. The Hall–Kier alpha value is -0.610. The monoisotopic (exact) mass is 215 g/mol. The lowest BCUT2D eigenvalue weighted by atomic mass is 10.1. The molecule has 2 atom stereocenters. The minimum atomic E-state index is -0.494. The second kappa shape index (κ2) is 6.08. The molecule has 1 aliphatic rings. The van der Waals surface area contributed by atoms with Gasteiger partial charge < -0.3 is 15.2 Å². The Kier molecular flexibility index (Phi) is 5.05. The third-order valence-corrected chi connectivity index (χ3v) is 2.46. The zero-order chi connectivity index (χ0) is 11.3. The smallest absolute Gasteiger partial charge is 0.323 e. The Bertz CT molecular complexity index is 200. The van der Waals surface area contributed by atoms with Gasteiger partial charge in [0.05, 0.1) is 6.10 Å². The van der Waals surface area contributed by atoms with Gasteiger partial charge in [-0.15, -0.1) is 0 Å². The molecule has 0 radical (unpaired) electrons. The molecule has 1 aliphatic heterocycles. The molecule has 4 nitrogen and oxygen atoms in total. The van der Waals surface area contributed by atoms with Crippen molar-refractivity contribution in [2.24, 2.45) is 11.7 Å². The van der Waals surface area contributed by atoms with E-state index in [4.69, 9.17) is 15.2 Å². The second-order valence-electron chi connectivity index (χ2n) is 4.50. The summed E-state index contributed by atoms with van der Waals surface area (Å²) in [5, 5.41) is 0. The fourth-order valence-electron chi connectivity index (χ4n) is 1.66. The fourth-order valence-corrected chi connectivity index (χ4v) is 1.66. The zero-order valence-corrected chi connectivity index (χ0v) is 9.57. The van der Waals surface area contributed by atoms with Gasteiger partial charge >= 0.3 is 5.97 Å². The molecular formula is C11H21NO3. The van der Waals surface area contributed by atoms with Gasteiger partial charge in [0.2, 0.25) is 0 Å². The third kappa shape index (κ3) is 4.62. The Morgan fingerprint density at radius 1 is 1.60 bits per heavy atom. The van der Waals surface area contributed by atoms with Crippen LogP contribution in [0.5, 0.6) is 0 Å². The minimum Gasteiger partial charge on any atom is -0.462 e. The average Bonchev–Trinajstić information content (AvgIpc) is 2.65. The summed E-state index contributed by atoms with van der Waals surface area (Å²) in [5.41, 5.74) is 5.69. The number of hydrogen-bond donors (Lipinski definition) is 1. The molecule has 0 bridgehead atoms. The molecule has 1 fully saturated rings. The normalized spacial score (nSPS) is 23.1. The maximum Gasteiger partial charge on any atom is 0.323 e. The van der Waals surface area contributed by atoms with Gasteiger partial charge in [0, 0.05) is 6.61 Å². The lowest BCUT2D eigenvalue weighted by Crippen LogP contribution is -2.35. The van der Waals surface area contributed by atoms with E-state index < -0.39 is 6.04 Å². The summed E-state index contributed by atoms with van der Waals surface area (Å²) in [6.45, 7) is 5.20. The molecule has 1 rings (SSSR count). The third-order valence-electron chi connectivity index (χ3n) is 2.46. The first-order valence-electron chi connectivity index (χ1n) is 5.63. The molecule has 0 aromatic rings. The maximum atomic E-state index is 11.4. The largest absolute Gasteiger partial charge is 0.462 e. The number of carbonyl (C=O) groups is 1. The van der Waals surface area contributed by atoms with E-state index in [1.807, 2.05) is 13.8 Å². The van der Waals surface area contributed by atoms with Gasteiger partial charge in [-0.25, -0.2) is 0 Å². The van der Waals surface area contributed by atoms with E-state index in [1.165, 1.54) is 0 Å². The van der Waals surface area contributed by atoms with Gasteiger partial charge in [-0.3, -0.25) is 4.79 Å². The van der Waals surface area contributed by atoms with Crippen LogP contribution in [-0.2, 0) is 14.3 Å². The summed E-state index contributed by atoms with van der Waals surface area (Å²) in [6, 6.07) is -0.494. The molecule has 15 heavy (non-hydrogen) atoms. The summed E-state index contributed by atoms with van der Waals surface area (Å²) >= 11 is 0.